The summed E-state index contributed by atoms with van der Waals surface area (Å²) in [5.74, 6) is -2.33. The van der Waals surface area contributed by atoms with Crippen molar-refractivity contribution in [2.75, 3.05) is 6.54 Å². The molecule has 1 heterocycles. The van der Waals surface area contributed by atoms with Crippen molar-refractivity contribution >= 4 is 23.8 Å². The van der Waals surface area contributed by atoms with Gasteiger partial charge in [0.05, 0.1) is 0 Å². The molecular formula is C12H19N3O5. The zero-order valence-electron chi connectivity index (χ0n) is 11.7. The molecule has 0 radical (unpaired) electrons. The van der Waals surface area contributed by atoms with Gasteiger partial charge in [0.15, 0.2) is 0 Å². The molecule has 1 rings (SSSR count). The summed E-state index contributed by atoms with van der Waals surface area (Å²) in [5, 5.41) is 13.5. The third-order valence-electron chi connectivity index (χ3n) is 3.50. The average molecular weight is 285 g/mol. The van der Waals surface area contributed by atoms with E-state index in [4.69, 9.17) is 5.11 Å². The Morgan fingerprint density at radius 2 is 1.90 bits per heavy atom. The first-order chi connectivity index (χ1) is 9.27. The molecule has 1 aliphatic heterocycles. The second-order valence-electron chi connectivity index (χ2n) is 4.74. The zero-order valence-corrected chi connectivity index (χ0v) is 11.7. The number of nitrogens with one attached hydrogen (secondary N) is 2. The van der Waals surface area contributed by atoms with Crippen LogP contribution in [0.1, 0.15) is 33.6 Å². The van der Waals surface area contributed by atoms with Crippen molar-refractivity contribution in [1.29, 1.82) is 0 Å². The molecule has 8 nitrogen and oxygen atoms in total. The first-order valence-electron chi connectivity index (χ1n) is 6.43. The van der Waals surface area contributed by atoms with E-state index in [0.717, 1.165) is 4.90 Å². The Hall–Kier alpha value is -2.12. The Labute approximate surface area is 116 Å². The fourth-order valence-electron chi connectivity index (χ4n) is 2.04. The van der Waals surface area contributed by atoms with Crippen LogP contribution in [0.25, 0.3) is 0 Å². The van der Waals surface area contributed by atoms with E-state index in [1.54, 1.807) is 13.8 Å². The minimum atomic E-state index is -1.19. The van der Waals surface area contributed by atoms with Crippen molar-refractivity contribution in [2.24, 2.45) is 0 Å². The number of amides is 4. The Bertz CT molecular complexity index is 444. The Kier molecular flexibility index (Phi) is 4.69. The number of carbonyl (C=O) groups is 4. The summed E-state index contributed by atoms with van der Waals surface area (Å²) in [4.78, 5) is 47.1. The summed E-state index contributed by atoms with van der Waals surface area (Å²) >= 11 is 0. The van der Waals surface area contributed by atoms with Crippen LogP contribution in [-0.4, -0.2) is 51.9 Å². The largest absolute Gasteiger partial charge is 0.480 e. The molecule has 0 aliphatic carbocycles. The quantitative estimate of drug-likeness (QED) is 0.579. The highest BCUT2D eigenvalue weighted by Crippen LogP contribution is 2.24. The van der Waals surface area contributed by atoms with Crippen LogP contribution in [0.4, 0.5) is 4.79 Å². The van der Waals surface area contributed by atoms with Gasteiger partial charge in [0.1, 0.15) is 18.1 Å². The number of carbonyl (C=O) groups excluding carboxylic acids is 3. The zero-order chi connectivity index (χ0) is 15.5. The van der Waals surface area contributed by atoms with E-state index in [0.29, 0.717) is 12.8 Å². The molecule has 0 bridgehead atoms. The second-order valence-corrected chi connectivity index (χ2v) is 4.74. The van der Waals surface area contributed by atoms with Gasteiger partial charge < -0.3 is 15.7 Å². The molecule has 3 N–H and O–H groups in total. The first-order valence-corrected chi connectivity index (χ1v) is 6.43. The lowest BCUT2D eigenvalue weighted by Gasteiger charge is -2.23. The molecule has 0 saturated carbocycles. The minimum absolute atomic E-state index is 0.428. The van der Waals surface area contributed by atoms with Crippen LogP contribution in [0.2, 0.25) is 0 Å². The summed E-state index contributed by atoms with van der Waals surface area (Å²) in [7, 11) is 0. The van der Waals surface area contributed by atoms with Gasteiger partial charge in [-0.3, -0.25) is 19.3 Å². The van der Waals surface area contributed by atoms with E-state index in [2.05, 4.69) is 10.6 Å². The van der Waals surface area contributed by atoms with Crippen molar-refractivity contribution in [3.8, 4) is 0 Å². The van der Waals surface area contributed by atoms with Crippen molar-refractivity contribution < 1.29 is 24.3 Å². The maximum absolute atomic E-state index is 12.2. The van der Waals surface area contributed by atoms with Gasteiger partial charge >= 0.3 is 12.0 Å². The van der Waals surface area contributed by atoms with Crippen molar-refractivity contribution in [3.63, 3.8) is 0 Å². The summed E-state index contributed by atoms with van der Waals surface area (Å²) in [6.45, 7) is 4.37. The molecule has 112 valence electrons. The fourth-order valence-corrected chi connectivity index (χ4v) is 2.04. The first kappa shape index (κ1) is 15.9. The molecule has 0 aromatic rings. The van der Waals surface area contributed by atoms with Crippen LogP contribution in [-0.2, 0) is 14.4 Å². The smallest absolute Gasteiger partial charge is 0.325 e. The molecule has 0 aromatic carbocycles. The standard InChI is InChI=1S/C12H19N3O5/c1-4-12(5-2)10(19)15(11(20)14-12)6-8(16)13-7(3)9(17)18/h7H,4-6H2,1-3H3,(H,13,16)(H,14,20)(H,17,18). The van der Waals surface area contributed by atoms with E-state index < -0.39 is 41.9 Å². The number of aliphatic carboxylic acids is 1. The number of imide groups is 1. The van der Waals surface area contributed by atoms with Gasteiger partial charge in [-0.25, -0.2) is 4.79 Å². The molecule has 1 unspecified atom stereocenters. The molecule has 20 heavy (non-hydrogen) atoms. The van der Waals surface area contributed by atoms with Crippen molar-refractivity contribution in [2.45, 2.75) is 45.2 Å². The molecule has 0 aromatic heterocycles. The van der Waals surface area contributed by atoms with Gasteiger partial charge in [-0.2, -0.15) is 0 Å². The van der Waals surface area contributed by atoms with Gasteiger partial charge in [0, 0.05) is 0 Å². The van der Waals surface area contributed by atoms with Crippen LogP contribution in [0, 0.1) is 0 Å². The summed E-state index contributed by atoms with van der Waals surface area (Å²) < 4.78 is 0. The number of urea groups is 1. The molecule has 8 heteroatoms. The van der Waals surface area contributed by atoms with E-state index in [1.165, 1.54) is 6.92 Å². The number of hydrogen-bond donors (Lipinski definition) is 3. The van der Waals surface area contributed by atoms with Gasteiger partial charge in [0.25, 0.3) is 5.91 Å². The van der Waals surface area contributed by atoms with Crippen molar-refractivity contribution in [1.82, 2.24) is 15.5 Å². The van der Waals surface area contributed by atoms with Gasteiger partial charge in [-0.05, 0) is 19.8 Å². The van der Waals surface area contributed by atoms with E-state index in [9.17, 15) is 19.2 Å². The highest BCUT2D eigenvalue weighted by molar-refractivity contribution is 6.09. The number of carboxylic acids is 1. The normalized spacial score (nSPS) is 18.6. The third kappa shape index (κ3) is 2.89. The lowest BCUT2D eigenvalue weighted by Crippen LogP contribution is -2.48. The SMILES string of the molecule is CCC1(CC)NC(=O)N(CC(=O)NC(C)C(=O)O)C1=O. The molecular weight excluding hydrogens is 266 g/mol. The molecule has 4 amide bonds. The predicted octanol–water partition coefficient (Wildman–Crippen LogP) is -0.314. The topological polar surface area (TPSA) is 116 Å². The third-order valence-corrected chi connectivity index (χ3v) is 3.50. The summed E-state index contributed by atoms with van der Waals surface area (Å²) in [5.41, 5.74) is -0.963. The highest BCUT2D eigenvalue weighted by Gasteiger charge is 2.49. The molecule has 1 fully saturated rings. The van der Waals surface area contributed by atoms with Gasteiger partial charge in [-0.15, -0.1) is 0 Å². The lowest BCUT2D eigenvalue weighted by molar-refractivity contribution is -0.141. The molecule has 1 atom stereocenters. The van der Waals surface area contributed by atoms with E-state index in [-0.39, 0.29) is 0 Å². The lowest BCUT2D eigenvalue weighted by atomic mass is 9.93. The van der Waals surface area contributed by atoms with Crippen LogP contribution in [0.5, 0.6) is 0 Å². The molecule has 1 saturated heterocycles. The Morgan fingerprint density at radius 3 is 2.30 bits per heavy atom. The molecule has 0 spiro atoms. The highest BCUT2D eigenvalue weighted by atomic mass is 16.4. The molecule has 1 aliphatic rings. The van der Waals surface area contributed by atoms with Crippen molar-refractivity contribution in [3.05, 3.63) is 0 Å². The predicted molar refractivity (Wildman–Crippen MR) is 68.8 cm³/mol. The Morgan fingerprint density at radius 1 is 1.35 bits per heavy atom. The van der Waals surface area contributed by atoms with Crippen LogP contribution < -0.4 is 10.6 Å². The maximum Gasteiger partial charge on any atom is 0.325 e. The average Bonchev–Trinajstić information content (AvgIpc) is 2.63. The Balaban J connectivity index is 2.74. The van der Waals surface area contributed by atoms with Crippen LogP contribution in [0.3, 0.4) is 0 Å². The maximum atomic E-state index is 12.2. The van der Waals surface area contributed by atoms with Gasteiger partial charge in [0.2, 0.25) is 5.91 Å². The minimum Gasteiger partial charge on any atom is -0.480 e. The number of carboxylic acid groups (broad SMARTS) is 1. The van der Waals surface area contributed by atoms with E-state index in [1.807, 2.05) is 0 Å². The van der Waals surface area contributed by atoms with Gasteiger partial charge in [-0.1, -0.05) is 13.8 Å². The summed E-state index contributed by atoms with van der Waals surface area (Å²) in [6.07, 6.45) is 0.857. The number of nitrogens with zero attached hydrogens (tertiary/aromatic N) is 1. The second kappa shape index (κ2) is 5.89. The van der Waals surface area contributed by atoms with E-state index >= 15 is 0 Å². The number of rotatable bonds is 6. The van der Waals surface area contributed by atoms with Crippen LogP contribution >= 0.6 is 0 Å². The van der Waals surface area contributed by atoms with Crippen LogP contribution in [0.15, 0.2) is 0 Å². The fraction of sp³-hybridized carbons (Fsp3) is 0.667. The summed E-state index contributed by atoms with van der Waals surface area (Å²) in [6, 6.07) is -1.71. The monoisotopic (exact) mass is 285 g/mol. The number of hydrogen-bond acceptors (Lipinski definition) is 4.